The third-order valence-electron chi connectivity index (χ3n) is 3.54. The minimum Gasteiger partial charge on any atom is -0.374 e. The van der Waals surface area contributed by atoms with Crippen LogP contribution in [0.4, 0.5) is 5.69 Å². The van der Waals surface area contributed by atoms with Crippen molar-refractivity contribution in [3.63, 3.8) is 0 Å². The molecule has 1 saturated heterocycles. The quantitative estimate of drug-likeness (QED) is 0.621. The minimum absolute atomic E-state index is 0.00896. The molecule has 1 fully saturated rings. The van der Waals surface area contributed by atoms with Crippen molar-refractivity contribution in [3.05, 3.63) is 38.9 Å². The zero-order valence-electron chi connectivity index (χ0n) is 12.1. The summed E-state index contributed by atoms with van der Waals surface area (Å²) in [5, 5.41) is 11.1. The van der Waals surface area contributed by atoms with E-state index in [4.69, 9.17) is 16.3 Å². The predicted molar refractivity (Wildman–Crippen MR) is 78.6 cm³/mol. The number of nitro groups is 1. The van der Waals surface area contributed by atoms with Gasteiger partial charge in [-0.05, 0) is 32.9 Å². The predicted octanol–water partition coefficient (Wildman–Crippen LogP) is 2.89. The van der Waals surface area contributed by atoms with Crippen LogP contribution >= 0.6 is 11.6 Å². The Morgan fingerprint density at radius 1 is 1.52 bits per heavy atom. The van der Waals surface area contributed by atoms with Crippen LogP contribution in [0.15, 0.2) is 18.2 Å². The average Bonchev–Trinajstić information content (AvgIpc) is 2.40. The summed E-state index contributed by atoms with van der Waals surface area (Å²) in [6.07, 6.45) is -0.111. The third kappa shape index (κ3) is 3.01. The molecule has 1 atom stereocenters. The highest BCUT2D eigenvalue weighted by atomic mass is 35.5. The van der Waals surface area contributed by atoms with Gasteiger partial charge in [-0.25, -0.2) is 0 Å². The number of ether oxygens (including phenoxy) is 1. The summed E-state index contributed by atoms with van der Waals surface area (Å²) in [6.45, 7) is 6.37. The van der Waals surface area contributed by atoms with Crippen molar-refractivity contribution in [1.82, 2.24) is 4.90 Å². The van der Waals surface area contributed by atoms with E-state index in [1.165, 1.54) is 12.1 Å². The number of nitro benzene ring substituents is 1. The van der Waals surface area contributed by atoms with Gasteiger partial charge in [0.2, 0.25) is 0 Å². The first-order chi connectivity index (χ1) is 9.74. The summed E-state index contributed by atoms with van der Waals surface area (Å²) in [7, 11) is 0. The molecule has 1 aromatic rings. The Morgan fingerprint density at radius 2 is 2.19 bits per heavy atom. The number of hydrogen-bond donors (Lipinski definition) is 0. The van der Waals surface area contributed by atoms with Gasteiger partial charge < -0.3 is 9.64 Å². The zero-order chi connectivity index (χ0) is 15.8. The molecule has 0 aromatic heterocycles. The fraction of sp³-hybridized carbons (Fsp3) is 0.500. The fourth-order valence-electron chi connectivity index (χ4n) is 2.36. The van der Waals surface area contributed by atoms with Gasteiger partial charge in [0.25, 0.3) is 5.91 Å². The summed E-state index contributed by atoms with van der Waals surface area (Å²) in [6, 6.07) is 4.38. The fourth-order valence-corrected chi connectivity index (χ4v) is 2.60. The van der Waals surface area contributed by atoms with Crippen LogP contribution in [-0.4, -0.2) is 40.5 Å². The lowest BCUT2D eigenvalue weighted by molar-refractivity contribution is -0.385. The van der Waals surface area contributed by atoms with E-state index < -0.39 is 16.4 Å². The van der Waals surface area contributed by atoms with Crippen molar-refractivity contribution in [2.24, 2.45) is 0 Å². The second-order valence-electron chi connectivity index (χ2n) is 5.74. The van der Waals surface area contributed by atoms with Crippen molar-refractivity contribution >= 4 is 23.2 Å². The zero-order valence-corrected chi connectivity index (χ0v) is 12.9. The van der Waals surface area contributed by atoms with E-state index in [0.717, 1.165) is 0 Å². The smallest absolute Gasteiger partial charge is 0.300 e. The molecule has 0 spiro atoms. The molecule has 0 bridgehead atoms. The van der Waals surface area contributed by atoms with Crippen LogP contribution in [0, 0.1) is 10.1 Å². The van der Waals surface area contributed by atoms with Gasteiger partial charge in [-0.3, -0.25) is 14.9 Å². The molecule has 1 amide bonds. The molecule has 0 aliphatic carbocycles. The molecule has 6 nitrogen and oxygen atoms in total. The molecule has 7 heteroatoms. The Bertz CT molecular complexity index is 588. The lowest BCUT2D eigenvalue weighted by Crippen LogP contribution is -2.57. The van der Waals surface area contributed by atoms with Gasteiger partial charge in [0.05, 0.1) is 23.2 Å². The minimum atomic E-state index is -0.619. The van der Waals surface area contributed by atoms with Crippen LogP contribution in [0.25, 0.3) is 0 Å². The van der Waals surface area contributed by atoms with Crippen LogP contribution in [0.1, 0.15) is 31.1 Å². The second-order valence-corrected chi connectivity index (χ2v) is 6.15. The van der Waals surface area contributed by atoms with Gasteiger partial charge >= 0.3 is 5.69 Å². The van der Waals surface area contributed by atoms with E-state index in [2.05, 4.69) is 0 Å². The van der Waals surface area contributed by atoms with Gasteiger partial charge in [-0.1, -0.05) is 17.7 Å². The average molecular weight is 313 g/mol. The van der Waals surface area contributed by atoms with Crippen LogP contribution in [0.3, 0.4) is 0 Å². The van der Waals surface area contributed by atoms with Crippen molar-refractivity contribution in [2.75, 3.05) is 13.2 Å². The Labute approximate surface area is 127 Å². The summed E-state index contributed by atoms with van der Waals surface area (Å²) in [4.78, 5) is 24.9. The molecule has 0 N–H and O–H groups in total. The Balaban J connectivity index is 2.44. The van der Waals surface area contributed by atoms with Gasteiger partial charge in [0.15, 0.2) is 0 Å². The molecule has 1 unspecified atom stereocenters. The van der Waals surface area contributed by atoms with Gasteiger partial charge in [0, 0.05) is 6.54 Å². The van der Waals surface area contributed by atoms with E-state index in [9.17, 15) is 14.9 Å². The Hall–Kier alpha value is -1.66. The largest absolute Gasteiger partial charge is 0.374 e. The highest BCUT2D eigenvalue weighted by Crippen LogP contribution is 2.32. The standard InChI is InChI=1S/C14H17ClN2O4/c1-9-7-16(14(2,3)8-21-9)13(18)10-5-4-6-11(15)12(10)17(19)20/h4-6,9H,7-8H2,1-3H3. The van der Waals surface area contributed by atoms with E-state index >= 15 is 0 Å². The lowest BCUT2D eigenvalue weighted by atomic mass is 9.99. The maximum Gasteiger partial charge on any atom is 0.300 e. The molecule has 1 aromatic carbocycles. The molecule has 21 heavy (non-hydrogen) atoms. The van der Waals surface area contributed by atoms with E-state index in [1.807, 2.05) is 20.8 Å². The van der Waals surface area contributed by atoms with Crippen molar-refractivity contribution in [2.45, 2.75) is 32.4 Å². The molecule has 0 saturated carbocycles. The number of amides is 1. The topological polar surface area (TPSA) is 72.7 Å². The van der Waals surface area contributed by atoms with Crippen molar-refractivity contribution in [3.8, 4) is 0 Å². The lowest BCUT2D eigenvalue weighted by Gasteiger charge is -2.44. The normalized spacial score (nSPS) is 21.1. The molecule has 1 aliphatic heterocycles. The second kappa shape index (κ2) is 5.61. The summed E-state index contributed by atoms with van der Waals surface area (Å²) in [5.74, 6) is -0.399. The molecule has 2 rings (SSSR count). The van der Waals surface area contributed by atoms with E-state index in [1.54, 1.807) is 11.0 Å². The SMILES string of the molecule is CC1CN(C(=O)c2cccc(Cl)c2[N+](=O)[O-])C(C)(C)CO1. The number of hydrogen-bond acceptors (Lipinski definition) is 4. The summed E-state index contributed by atoms with van der Waals surface area (Å²) < 4.78 is 5.56. The van der Waals surface area contributed by atoms with Crippen LogP contribution in [0.5, 0.6) is 0 Å². The first-order valence-electron chi connectivity index (χ1n) is 6.60. The Morgan fingerprint density at radius 3 is 2.81 bits per heavy atom. The Kier molecular flexibility index (Phi) is 4.20. The van der Waals surface area contributed by atoms with Crippen LogP contribution in [-0.2, 0) is 4.74 Å². The number of halogens is 1. The first-order valence-corrected chi connectivity index (χ1v) is 6.98. The maximum absolute atomic E-state index is 12.7. The summed E-state index contributed by atoms with van der Waals surface area (Å²) >= 11 is 5.87. The molecule has 1 aliphatic rings. The van der Waals surface area contributed by atoms with Gasteiger partial charge in [0.1, 0.15) is 10.6 Å². The van der Waals surface area contributed by atoms with Crippen LogP contribution < -0.4 is 0 Å². The number of carbonyl (C=O) groups is 1. The van der Waals surface area contributed by atoms with Crippen LogP contribution in [0.2, 0.25) is 5.02 Å². The molecule has 114 valence electrons. The molecular weight excluding hydrogens is 296 g/mol. The third-order valence-corrected chi connectivity index (χ3v) is 3.84. The van der Waals surface area contributed by atoms with E-state index in [0.29, 0.717) is 13.2 Å². The monoisotopic (exact) mass is 312 g/mol. The number of nitrogens with zero attached hydrogens (tertiary/aromatic N) is 2. The number of morpholine rings is 1. The number of para-hydroxylation sites is 1. The van der Waals surface area contributed by atoms with Gasteiger partial charge in [-0.15, -0.1) is 0 Å². The highest BCUT2D eigenvalue weighted by Gasteiger charge is 2.39. The van der Waals surface area contributed by atoms with Crippen molar-refractivity contribution in [1.29, 1.82) is 0 Å². The molecule has 1 heterocycles. The van der Waals surface area contributed by atoms with Gasteiger partial charge in [-0.2, -0.15) is 0 Å². The highest BCUT2D eigenvalue weighted by molar-refractivity contribution is 6.33. The van der Waals surface area contributed by atoms with Crippen molar-refractivity contribution < 1.29 is 14.5 Å². The first kappa shape index (κ1) is 15.7. The molecule has 0 radical (unpaired) electrons. The number of benzene rings is 1. The number of carbonyl (C=O) groups excluding carboxylic acids is 1. The van der Waals surface area contributed by atoms with E-state index in [-0.39, 0.29) is 22.4 Å². The molecular formula is C14H17ClN2O4. The maximum atomic E-state index is 12.7. The summed E-state index contributed by atoms with van der Waals surface area (Å²) in [5.41, 5.74) is -0.867. The number of rotatable bonds is 2.